The monoisotopic (exact) mass is 270 g/mol. The van der Waals surface area contributed by atoms with Gasteiger partial charge in [-0.25, -0.2) is 0 Å². The number of carbonyl (C=O) groups is 1. The minimum Gasteiger partial charge on any atom is -0.497 e. The first-order valence-corrected chi connectivity index (χ1v) is 6.43. The number of carbonyl (C=O) groups excluding carboxylic acids is 1. The summed E-state index contributed by atoms with van der Waals surface area (Å²) in [6.45, 7) is 0. The maximum Gasteiger partial charge on any atom is 0.241 e. The standard InChI is InChI=1S/C16H18N2O2/c1-20-14-9-7-12(8-10-14)11-15(17)16(19)18-13-5-3-2-4-6-13/h2-10,15H,11,17H2,1H3,(H,18,19). The number of benzene rings is 2. The van der Waals surface area contributed by atoms with Gasteiger partial charge in [-0.15, -0.1) is 0 Å². The van der Waals surface area contributed by atoms with E-state index < -0.39 is 6.04 Å². The molecule has 3 N–H and O–H groups in total. The van der Waals surface area contributed by atoms with Crippen molar-refractivity contribution in [2.24, 2.45) is 5.73 Å². The van der Waals surface area contributed by atoms with Crippen LogP contribution in [-0.4, -0.2) is 19.1 Å². The zero-order chi connectivity index (χ0) is 14.4. The van der Waals surface area contributed by atoms with E-state index in [9.17, 15) is 4.79 Å². The number of ether oxygens (including phenoxy) is 1. The Bertz CT molecular complexity index is 552. The summed E-state index contributed by atoms with van der Waals surface area (Å²) in [7, 11) is 1.62. The summed E-state index contributed by atoms with van der Waals surface area (Å²) in [6, 6.07) is 16.2. The highest BCUT2D eigenvalue weighted by molar-refractivity contribution is 5.94. The van der Waals surface area contributed by atoms with Gasteiger partial charge in [0.05, 0.1) is 13.2 Å². The molecule has 0 saturated carbocycles. The summed E-state index contributed by atoms with van der Waals surface area (Å²) >= 11 is 0. The fourth-order valence-electron chi connectivity index (χ4n) is 1.86. The van der Waals surface area contributed by atoms with E-state index >= 15 is 0 Å². The van der Waals surface area contributed by atoms with E-state index in [1.54, 1.807) is 7.11 Å². The molecular weight excluding hydrogens is 252 g/mol. The van der Waals surface area contributed by atoms with Crippen LogP contribution in [-0.2, 0) is 11.2 Å². The van der Waals surface area contributed by atoms with Crippen molar-refractivity contribution < 1.29 is 9.53 Å². The minimum atomic E-state index is -0.580. The zero-order valence-electron chi connectivity index (χ0n) is 11.4. The SMILES string of the molecule is COc1ccc(CC(N)C(=O)Nc2ccccc2)cc1. The first-order valence-electron chi connectivity index (χ1n) is 6.43. The van der Waals surface area contributed by atoms with E-state index in [2.05, 4.69) is 5.32 Å². The number of nitrogens with two attached hydrogens (primary N) is 1. The molecule has 0 bridgehead atoms. The maximum absolute atomic E-state index is 12.0. The molecule has 2 aromatic carbocycles. The van der Waals surface area contributed by atoms with Crippen LogP contribution in [0.25, 0.3) is 0 Å². The molecule has 0 saturated heterocycles. The van der Waals surface area contributed by atoms with Crippen molar-refractivity contribution in [3.8, 4) is 5.75 Å². The molecule has 1 atom stereocenters. The molecule has 2 aromatic rings. The van der Waals surface area contributed by atoms with Gasteiger partial charge in [0.15, 0.2) is 0 Å². The van der Waals surface area contributed by atoms with Crippen LogP contribution in [0, 0.1) is 0 Å². The van der Waals surface area contributed by atoms with Crippen molar-refractivity contribution in [2.75, 3.05) is 12.4 Å². The zero-order valence-corrected chi connectivity index (χ0v) is 11.4. The number of nitrogens with one attached hydrogen (secondary N) is 1. The molecule has 2 rings (SSSR count). The molecule has 0 aliphatic carbocycles. The van der Waals surface area contributed by atoms with E-state index in [4.69, 9.17) is 10.5 Å². The molecule has 1 unspecified atom stereocenters. The van der Waals surface area contributed by atoms with Gasteiger partial charge in [-0.3, -0.25) is 4.79 Å². The van der Waals surface area contributed by atoms with Crippen molar-refractivity contribution in [3.05, 3.63) is 60.2 Å². The van der Waals surface area contributed by atoms with Gasteiger partial charge in [-0.1, -0.05) is 30.3 Å². The van der Waals surface area contributed by atoms with Crippen LogP contribution in [0.1, 0.15) is 5.56 Å². The lowest BCUT2D eigenvalue weighted by molar-refractivity contribution is -0.117. The van der Waals surface area contributed by atoms with Gasteiger partial charge >= 0.3 is 0 Å². The molecule has 104 valence electrons. The number of anilines is 1. The van der Waals surface area contributed by atoms with E-state index in [0.29, 0.717) is 6.42 Å². The highest BCUT2D eigenvalue weighted by Crippen LogP contribution is 2.13. The quantitative estimate of drug-likeness (QED) is 0.875. The lowest BCUT2D eigenvalue weighted by Gasteiger charge is -2.12. The summed E-state index contributed by atoms with van der Waals surface area (Å²) in [5.74, 6) is 0.600. The van der Waals surface area contributed by atoms with Gasteiger partial charge in [0, 0.05) is 5.69 Å². The summed E-state index contributed by atoms with van der Waals surface area (Å²) in [5.41, 5.74) is 7.68. The van der Waals surface area contributed by atoms with E-state index in [1.807, 2.05) is 54.6 Å². The molecule has 0 spiro atoms. The maximum atomic E-state index is 12.0. The van der Waals surface area contributed by atoms with E-state index in [1.165, 1.54) is 0 Å². The summed E-state index contributed by atoms with van der Waals surface area (Å²) < 4.78 is 5.09. The molecule has 0 radical (unpaired) electrons. The number of amides is 1. The molecule has 0 aliphatic rings. The van der Waals surface area contributed by atoms with Crippen molar-refractivity contribution in [3.63, 3.8) is 0 Å². The van der Waals surface area contributed by atoms with Crippen LogP contribution >= 0.6 is 0 Å². The number of hydrogen-bond acceptors (Lipinski definition) is 3. The highest BCUT2D eigenvalue weighted by atomic mass is 16.5. The van der Waals surface area contributed by atoms with Crippen LogP contribution in [0.4, 0.5) is 5.69 Å². The summed E-state index contributed by atoms with van der Waals surface area (Å²) in [4.78, 5) is 12.0. The topological polar surface area (TPSA) is 64.3 Å². The molecule has 1 amide bonds. The largest absolute Gasteiger partial charge is 0.497 e. The fourth-order valence-corrected chi connectivity index (χ4v) is 1.86. The van der Waals surface area contributed by atoms with E-state index in [0.717, 1.165) is 17.0 Å². The molecule has 0 heterocycles. The van der Waals surface area contributed by atoms with Gasteiger partial charge in [0.2, 0.25) is 5.91 Å². The lowest BCUT2D eigenvalue weighted by Crippen LogP contribution is -2.37. The molecule has 0 aromatic heterocycles. The first kappa shape index (κ1) is 14.1. The molecule has 0 fully saturated rings. The molecule has 4 nitrogen and oxygen atoms in total. The highest BCUT2D eigenvalue weighted by Gasteiger charge is 2.14. The van der Waals surface area contributed by atoms with Gasteiger partial charge in [-0.2, -0.15) is 0 Å². The predicted octanol–water partition coefficient (Wildman–Crippen LogP) is 2.20. The van der Waals surface area contributed by atoms with Gasteiger partial charge in [0.1, 0.15) is 5.75 Å². The average Bonchev–Trinajstić information content (AvgIpc) is 2.49. The number of methoxy groups -OCH3 is 1. The van der Waals surface area contributed by atoms with Crippen LogP contribution < -0.4 is 15.8 Å². The third kappa shape index (κ3) is 3.83. The molecule has 4 heteroatoms. The Morgan fingerprint density at radius 3 is 2.40 bits per heavy atom. The Morgan fingerprint density at radius 1 is 1.15 bits per heavy atom. The second-order valence-corrected chi connectivity index (χ2v) is 4.51. The normalized spacial score (nSPS) is 11.7. The Hall–Kier alpha value is -2.33. The van der Waals surface area contributed by atoms with Crippen molar-refractivity contribution >= 4 is 11.6 Å². The van der Waals surface area contributed by atoms with Crippen LogP contribution in [0.15, 0.2) is 54.6 Å². The second-order valence-electron chi connectivity index (χ2n) is 4.51. The van der Waals surface area contributed by atoms with Crippen LogP contribution in [0.2, 0.25) is 0 Å². The first-order chi connectivity index (χ1) is 9.69. The molecule has 20 heavy (non-hydrogen) atoms. The molecular formula is C16H18N2O2. The third-order valence-electron chi connectivity index (χ3n) is 2.99. The minimum absolute atomic E-state index is 0.188. The third-order valence-corrected chi connectivity index (χ3v) is 2.99. The van der Waals surface area contributed by atoms with Crippen LogP contribution in [0.3, 0.4) is 0 Å². The number of hydrogen-bond donors (Lipinski definition) is 2. The fraction of sp³-hybridized carbons (Fsp3) is 0.188. The number of rotatable bonds is 5. The summed E-state index contributed by atoms with van der Waals surface area (Å²) in [6.07, 6.45) is 0.489. The van der Waals surface area contributed by atoms with Crippen molar-refractivity contribution in [1.29, 1.82) is 0 Å². The van der Waals surface area contributed by atoms with Gasteiger partial charge in [-0.05, 0) is 36.2 Å². The van der Waals surface area contributed by atoms with Crippen molar-refractivity contribution in [2.45, 2.75) is 12.5 Å². The Balaban J connectivity index is 1.93. The Labute approximate surface area is 118 Å². The second kappa shape index (κ2) is 6.73. The van der Waals surface area contributed by atoms with Crippen LogP contribution in [0.5, 0.6) is 5.75 Å². The molecule has 0 aliphatic heterocycles. The predicted molar refractivity (Wildman–Crippen MR) is 79.7 cm³/mol. The van der Waals surface area contributed by atoms with Gasteiger partial charge in [0.25, 0.3) is 0 Å². The summed E-state index contributed by atoms with van der Waals surface area (Å²) in [5, 5.41) is 2.80. The Kier molecular flexibility index (Phi) is 4.74. The van der Waals surface area contributed by atoms with Gasteiger partial charge < -0.3 is 15.8 Å². The Morgan fingerprint density at radius 2 is 1.80 bits per heavy atom. The number of para-hydroxylation sites is 1. The van der Waals surface area contributed by atoms with Crippen molar-refractivity contribution in [1.82, 2.24) is 0 Å². The lowest BCUT2D eigenvalue weighted by atomic mass is 10.1. The van der Waals surface area contributed by atoms with E-state index in [-0.39, 0.29) is 5.91 Å². The average molecular weight is 270 g/mol. The smallest absolute Gasteiger partial charge is 0.241 e.